The third-order valence-corrected chi connectivity index (χ3v) is 16.5. The molecule has 21 atom stereocenters. The molecule has 0 radical (unpaired) electrons. The minimum atomic E-state index is -1.55. The minimum absolute atomic E-state index is 0.00375. The van der Waals surface area contributed by atoms with E-state index < -0.39 is 79.7 Å². The monoisotopic (exact) mass is 712 g/mol. The predicted molar refractivity (Wildman–Crippen MR) is 174 cm³/mol. The van der Waals surface area contributed by atoms with E-state index in [0.717, 1.165) is 44.9 Å². The van der Waals surface area contributed by atoms with Gasteiger partial charge in [0.2, 0.25) is 0 Å². The summed E-state index contributed by atoms with van der Waals surface area (Å²) < 4.78 is 31.4. The second kappa shape index (κ2) is 12.0. The van der Waals surface area contributed by atoms with E-state index in [1.165, 1.54) is 0 Å². The Bertz CT molecular complexity index is 1300. The molecule has 8 aliphatic rings. The van der Waals surface area contributed by atoms with E-state index in [1.807, 2.05) is 0 Å². The fourth-order valence-electron chi connectivity index (χ4n) is 13.6. The van der Waals surface area contributed by atoms with Crippen molar-refractivity contribution >= 4 is 0 Å². The predicted octanol–water partition coefficient (Wildman–Crippen LogP) is 0.398. The molecular formula is C37H60O13. The molecule has 5 saturated carbocycles. The molecule has 13 heteroatoms. The Morgan fingerprint density at radius 3 is 2.18 bits per heavy atom. The smallest absolute Gasteiger partial charge is 0.186 e. The quantitative estimate of drug-likeness (QED) is 0.182. The van der Waals surface area contributed by atoms with Gasteiger partial charge in [0, 0.05) is 5.92 Å². The number of ether oxygens (including phenoxy) is 5. The van der Waals surface area contributed by atoms with Crippen LogP contribution in [-0.4, -0.2) is 134 Å². The highest BCUT2D eigenvalue weighted by molar-refractivity contribution is 5.33. The standard InChI is InChI=1S/C37H60O13/c1-16-10-17-20(47-30(16)45)12-35(5)29-19(48-32-28(44)26(42)25(41)21(13-38)49-32)11-22-33(2,3)23(50-31-27(43)24(40)18(39)14-46-31)6-7-36(22)15-37(29,36)9-8-34(17,35)4/h16-32,38-45H,6-15H2,1-5H3/t16-,17-,18-,19-,20+,21-,22-,23-,24+,25-,26+,27-,28-,29+,30+,31+,32-,34-,35-,36+,37-/m1/s1. The minimum Gasteiger partial charge on any atom is -0.394 e. The van der Waals surface area contributed by atoms with Crippen LogP contribution in [0.1, 0.15) is 86.0 Å². The van der Waals surface area contributed by atoms with Gasteiger partial charge in [0.05, 0.1) is 31.5 Å². The van der Waals surface area contributed by atoms with Crippen LogP contribution in [0.4, 0.5) is 0 Å². The van der Waals surface area contributed by atoms with Crippen molar-refractivity contribution in [1.82, 2.24) is 0 Å². The summed E-state index contributed by atoms with van der Waals surface area (Å²) in [6.07, 6.45) is -6.59. The lowest BCUT2D eigenvalue weighted by molar-refractivity contribution is -0.335. The second-order valence-electron chi connectivity index (χ2n) is 18.8. The van der Waals surface area contributed by atoms with Gasteiger partial charge in [-0.2, -0.15) is 0 Å². The summed E-state index contributed by atoms with van der Waals surface area (Å²) in [5, 5.41) is 84.4. The molecule has 0 amide bonds. The lowest BCUT2D eigenvalue weighted by Crippen LogP contribution is -2.65. The molecule has 2 spiro atoms. The molecule has 3 aliphatic heterocycles. The van der Waals surface area contributed by atoms with Gasteiger partial charge in [0.15, 0.2) is 18.9 Å². The molecule has 3 saturated heterocycles. The van der Waals surface area contributed by atoms with Crippen LogP contribution in [0.15, 0.2) is 0 Å². The van der Waals surface area contributed by atoms with Crippen molar-refractivity contribution in [1.29, 1.82) is 0 Å². The van der Waals surface area contributed by atoms with Crippen LogP contribution in [0.2, 0.25) is 0 Å². The van der Waals surface area contributed by atoms with Crippen molar-refractivity contribution < 1.29 is 64.5 Å². The average molecular weight is 713 g/mol. The number of fused-ring (bicyclic) bond motifs is 4. The van der Waals surface area contributed by atoms with Crippen LogP contribution in [0.25, 0.3) is 0 Å². The largest absolute Gasteiger partial charge is 0.394 e. The molecule has 0 aromatic rings. The Morgan fingerprint density at radius 1 is 0.740 bits per heavy atom. The third kappa shape index (κ3) is 4.78. The van der Waals surface area contributed by atoms with Crippen LogP contribution in [0, 0.1) is 50.7 Å². The molecule has 50 heavy (non-hydrogen) atoms. The number of aliphatic hydroxyl groups excluding tert-OH is 8. The van der Waals surface area contributed by atoms with Crippen molar-refractivity contribution in [2.75, 3.05) is 13.2 Å². The van der Waals surface area contributed by atoms with Gasteiger partial charge in [0.1, 0.15) is 42.7 Å². The fraction of sp³-hybridized carbons (Fsp3) is 1.00. The maximum Gasteiger partial charge on any atom is 0.186 e. The molecule has 8 fully saturated rings. The summed E-state index contributed by atoms with van der Waals surface area (Å²) in [5.41, 5.74) is -0.840. The van der Waals surface area contributed by atoms with E-state index in [4.69, 9.17) is 23.7 Å². The lowest BCUT2D eigenvalue weighted by atomic mass is 9.41. The average Bonchev–Trinajstić information content (AvgIpc) is 3.67. The maximum atomic E-state index is 11.2. The molecular weight excluding hydrogens is 652 g/mol. The Kier molecular flexibility index (Phi) is 8.74. The van der Waals surface area contributed by atoms with Gasteiger partial charge in [0.25, 0.3) is 0 Å². The normalized spacial score (nSPS) is 61.3. The highest BCUT2D eigenvalue weighted by Crippen LogP contribution is 2.89. The molecule has 5 aliphatic carbocycles. The Morgan fingerprint density at radius 2 is 1.46 bits per heavy atom. The Hall–Kier alpha value is -0.520. The van der Waals surface area contributed by atoms with Crippen LogP contribution >= 0.6 is 0 Å². The maximum absolute atomic E-state index is 11.2. The SMILES string of the molecule is C[C@@H]1C[C@@H]2[C@H](C[C@]3(C)[C@@H]4[C@H](O[C@@H]5O[C@H](CO)[C@@H](O)[C@H](O)[C@H]5O)C[C@@H]5C(C)(C)[C@H](O[C@@H]6OC[C@@H](O)[C@H](O)[C@H]6O)CC[C@]56C[C@]46CC[C@]23C)O[C@@H]1O. The highest BCUT2D eigenvalue weighted by Gasteiger charge is 2.85. The van der Waals surface area contributed by atoms with Crippen molar-refractivity contribution in [3.8, 4) is 0 Å². The van der Waals surface area contributed by atoms with E-state index in [9.17, 15) is 40.9 Å². The van der Waals surface area contributed by atoms with Gasteiger partial charge < -0.3 is 64.5 Å². The molecule has 0 unspecified atom stereocenters. The van der Waals surface area contributed by atoms with Crippen LogP contribution in [0.5, 0.6) is 0 Å². The number of hydrogen-bond acceptors (Lipinski definition) is 13. The summed E-state index contributed by atoms with van der Waals surface area (Å²) >= 11 is 0. The van der Waals surface area contributed by atoms with Crippen molar-refractivity contribution in [2.45, 2.75) is 166 Å². The van der Waals surface area contributed by atoms with E-state index >= 15 is 0 Å². The first kappa shape index (κ1) is 36.5. The molecule has 0 bridgehead atoms. The summed E-state index contributed by atoms with van der Waals surface area (Å²) in [7, 11) is 0. The zero-order valence-electron chi connectivity index (χ0n) is 30.0. The van der Waals surface area contributed by atoms with E-state index in [1.54, 1.807) is 0 Å². The molecule has 3 heterocycles. The van der Waals surface area contributed by atoms with Gasteiger partial charge >= 0.3 is 0 Å². The molecule has 13 nitrogen and oxygen atoms in total. The molecule has 286 valence electrons. The summed E-state index contributed by atoms with van der Waals surface area (Å²) in [6, 6.07) is 0. The van der Waals surface area contributed by atoms with Crippen LogP contribution in [0.3, 0.4) is 0 Å². The molecule has 8 rings (SSSR count). The van der Waals surface area contributed by atoms with Gasteiger partial charge in [-0.25, -0.2) is 0 Å². The van der Waals surface area contributed by atoms with Crippen molar-refractivity contribution in [2.24, 2.45) is 50.7 Å². The Balaban J connectivity index is 1.15. The molecule has 0 aromatic carbocycles. The van der Waals surface area contributed by atoms with Crippen LogP contribution in [-0.2, 0) is 23.7 Å². The zero-order chi connectivity index (χ0) is 35.9. The highest BCUT2D eigenvalue weighted by atomic mass is 16.7. The zero-order valence-corrected chi connectivity index (χ0v) is 30.0. The first-order valence-electron chi connectivity index (χ1n) is 19.1. The van der Waals surface area contributed by atoms with Crippen LogP contribution < -0.4 is 0 Å². The molecule has 8 N–H and O–H groups in total. The Labute approximate surface area is 294 Å². The second-order valence-corrected chi connectivity index (χ2v) is 18.8. The molecule has 0 aromatic heterocycles. The first-order chi connectivity index (χ1) is 23.5. The topological polar surface area (TPSA) is 208 Å². The van der Waals surface area contributed by atoms with E-state index in [-0.39, 0.29) is 64.1 Å². The summed E-state index contributed by atoms with van der Waals surface area (Å²) in [5.74, 6) is 0.459. The summed E-state index contributed by atoms with van der Waals surface area (Å²) in [6.45, 7) is 10.5. The fourth-order valence-corrected chi connectivity index (χ4v) is 13.6. The van der Waals surface area contributed by atoms with Gasteiger partial charge in [-0.3, -0.25) is 0 Å². The van der Waals surface area contributed by atoms with Gasteiger partial charge in [-0.15, -0.1) is 0 Å². The van der Waals surface area contributed by atoms with E-state index in [0.29, 0.717) is 6.42 Å². The number of aliphatic hydroxyl groups is 8. The summed E-state index contributed by atoms with van der Waals surface area (Å²) in [4.78, 5) is 0. The van der Waals surface area contributed by atoms with Gasteiger partial charge in [-0.1, -0.05) is 34.6 Å². The van der Waals surface area contributed by atoms with Crippen molar-refractivity contribution in [3.05, 3.63) is 0 Å². The number of hydrogen-bond donors (Lipinski definition) is 8. The van der Waals surface area contributed by atoms with Crippen molar-refractivity contribution in [3.63, 3.8) is 0 Å². The number of rotatable bonds is 5. The first-order valence-corrected chi connectivity index (χ1v) is 19.1. The lowest BCUT2D eigenvalue weighted by Gasteiger charge is -2.65. The van der Waals surface area contributed by atoms with E-state index in [2.05, 4.69) is 34.6 Å². The third-order valence-electron chi connectivity index (χ3n) is 16.5. The van der Waals surface area contributed by atoms with Gasteiger partial charge in [-0.05, 0) is 96.2 Å².